The van der Waals surface area contributed by atoms with Crippen LogP contribution in [-0.4, -0.2) is 14.6 Å². The minimum atomic E-state index is 0.547. The lowest BCUT2D eigenvalue weighted by Gasteiger charge is -1.99. The van der Waals surface area contributed by atoms with Gasteiger partial charge in [0.05, 0.1) is 11.2 Å². The number of rotatable bonds is 0. The molecule has 3 rings (SSSR count). The third kappa shape index (κ3) is 1.03. The molecule has 0 aliphatic rings. The Morgan fingerprint density at radius 3 is 2.94 bits per heavy atom. The van der Waals surface area contributed by atoms with Crippen molar-refractivity contribution in [3.05, 3.63) is 41.7 Å². The smallest absolute Gasteiger partial charge is 0.173 e. The number of aryl methyl sites for hydroxylation is 1. The van der Waals surface area contributed by atoms with E-state index >= 15 is 0 Å². The molecule has 0 aliphatic carbocycles. The predicted octanol–water partition coefficient (Wildman–Crippen LogP) is 2.06. The van der Waals surface area contributed by atoms with Crippen LogP contribution < -0.4 is 0 Å². The molecule has 0 atom stereocenters. The van der Waals surface area contributed by atoms with Crippen molar-refractivity contribution in [2.75, 3.05) is 0 Å². The fourth-order valence-corrected chi connectivity index (χ4v) is 1.85. The van der Waals surface area contributed by atoms with Crippen molar-refractivity contribution in [3.8, 4) is 6.07 Å². The van der Waals surface area contributed by atoms with Gasteiger partial charge in [-0.2, -0.15) is 10.4 Å². The van der Waals surface area contributed by atoms with E-state index in [-0.39, 0.29) is 0 Å². The second-order valence-corrected chi connectivity index (χ2v) is 3.62. The molecule has 1 aromatic carbocycles. The molecule has 0 N–H and O–H groups in total. The Bertz CT molecular complexity index is 734. The lowest BCUT2D eigenvalue weighted by atomic mass is 10.2. The molecule has 0 radical (unpaired) electrons. The van der Waals surface area contributed by atoms with E-state index in [1.165, 1.54) is 0 Å². The van der Waals surface area contributed by atoms with Crippen molar-refractivity contribution in [3.63, 3.8) is 0 Å². The average molecular weight is 208 g/mol. The van der Waals surface area contributed by atoms with E-state index in [0.717, 1.165) is 10.9 Å². The Morgan fingerprint density at radius 2 is 2.12 bits per heavy atom. The van der Waals surface area contributed by atoms with Crippen molar-refractivity contribution in [1.29, 1.82) is 5.26 Å². The highest BCUT2D eigenvalue weighted by Crippen LogP contribution is 2.18. The molecule has 0 bridgehead atoms. The van der Waals surface area contributed by atoms with Gasteiger partial charge in [0, 0.05) is 11.6 Å². The molecule has 2 aromatic heterocycles. The summed E-state index contributed by atoms with van der Waals surface area (Å²) in [5.41, 5.74) is 2.85. The third-order valence-electron chi connectivity index (χ3n) is 2.64. The molecule has 0 aliphatic heterocycles. The number of nitrogens with zero attached hydrogens (tertiary/aromatic N) is 4. The minimum absolute atomic E-state index is 0.547. The maximum atomic E-state index is 9.03. The zero-order valence-electron chi connectivity index (χ0n) is 8.68. The molecule has 4 nitrogen and oxygen atoms in total. The van der Waals surface area contributed by atoms with Gasteiger partial charge in [-0.3, -0.25) is 0 Å². The Kier molecular flexibility index (Phi) is 1.68. The van der Waals surface area contributed by atoms with Gasteiger partial charge in [-0.1, -0.05) is 18.2 Å². The van der Waals surface area contributed by atoms with E-state index in [1.807, 2.05) is 31.2 Å². The lowest BCUT2D eigenvalue weighted by Crippen LogP contribution is -1.92. The van der Waals surface area contributed by atoms with E-state index in [2.05, 4.69) is 16.2 Å². The van der Waals surface area contributed by atoms with Crippen molar-refractivity contribution >= 4 is 16.6 Å². The summed E-state index contributed by atoms with van der Waals surface area (Å²) < 4.78 is 1.73. The molecule has 16 heavy (non-hydrogen) atoms. The summed E-state index contributed by atoms with van der Waals surface area (Å²) in [5.74, 6) is 0. The summed E-state index contributed by atoms with van der Waals surface area (Å²) >= 11 is 0. The van der Waals surface area contributed by atoms with E-state index in [0.29, 0.717) is 16.9 Å². The number of benzene rings is 1. The van der Waals surface area contributed by atoms with Crippen LogP contribution in [0.4, 0.5) is 0 Å². The topological polar surface area (TPSA) is 54.0 Å². The minimum Gasteiger partial charge on any atom is -0.235 e. The van der Waals surface area contributed by atoms with E-state index in [4.69, 9.17) is 5.26 Å². The Hall–Kier alpha value is -2.41. The average Bonchev–Trinajstić information content (AvgIpc) is 2.65. The summed E-state index contributed by atoms with van der Waals surface area (Å²) in [5, 5.41) is 14.4. The highest BCUT2D eigenvalue weighted by Gasteiger charge is 2.11. The van der Waals surface area contributed by atoms with Crippen LogP contribution in [0.15, 0.2) is 30.5 Å². The van der Waals surface area contributed by atoms with Gasteiger partial charge in [0.2, 0.25) is 0 Å². The normalized spacial score (nSPS) is 10.8. The van der Waals surface area contributed by atoms with Gasteiger partial charge < -0.3 is 0 Å². The van der Waals surface area contributed by atoms with Crippen LogP contribution >= 0.6 is 0 Å². The van der Waals surface area contributed by atoms with Crippen LogP contribution in [0.2, 0.25) is 0 Å². The fraction of sp³-hybridized carbons (Fsp3) is 0.0833. The second kappa shape index (κ2) is 3.04. The summed E-state index contributed by atoms with van der Waals surface area (Å²) in [6.07, 6.45) is 1.77. The summed E-state index contributed by atoms with van der Waals surface area (Å²) in [4.78, 5) is 4.28. The first-order valence-corrected chi connectivity index (χ1v) is 4.94. The highest BCUT2D eigenvalue weighted by molar-refractivity contribution is 5.81. The van der Waals surface area contributed by atoms with Gasteiger partial charge in [-0.15, -0.1) is 0 Å². The first-order chi connectivity index (χ1) is 7.81. The van der Waals surface area contributed by atoms with Crippen molar-refractivity contribution in [2.45, 2.75) is 6.92 Å². The Morgan fingerprint density at radius 1 is 1.31 bits per heavy atom. The Balaban J connectivity index is 2.59. The standard InChI is InChI=1S/C12H8N4/c1-8-10(6-13)12-14-7-9-4-2-3-5-11(9)16(12)15-8/h2-5,7H,1H3. The van der Waals surface area contributed by atoms with Crippen LogP contribution in [0.5, 0.6) is 0 Å². The van der Waals surface area contributed by atoms with Crippen LogP contribution in [0.1, 0.15) is 11.3 Å². The van der Waals surface area contributed by atoms with Crippen LogP contribution in [0, 0.1) is 18.3 Å². The second-order valence-electron chi connectivity index (χ2n) is 3.62. The number of para-hydroxylation sites is 1. The molecule has 0 fully saturated rings. The molecular weight excluding hydrogens is 200 g/mol. The van der Waals surface area contributed by atoms with Gasteiger partial charge >= 0.3 is 0 Å². The summed E-state index contributed by atoms with van der Waals surface area (Å²) in [6, 6.07) is 9.99. The van der Waals surface area contributed by atoms with Crippen LogP contribution in [0.3, 0.4) is 0 Å². The highest BCUT2D eigenvalue weighted by atomic mass is 15.3. The molecule has 76 valence electrons. The zero-order chi connectivity index (χ0) is 11.1. The van der Waals surface area contributed by atoms with E-state index in [9.17, 15) is 0 Å². The summed E-state index contributed by atoms with van der Waals surface area (Å²) in [6.45, 7) is 1.82. The zero-order valence-corrected chi connectivity index (χ0v) is 8.68. The van der Waals surface area contributed by atoms with Crippen LogP contribution in [-0.2, 0) is 0 Å². The SMILES string of the molecule is Cc1nn2c(ncc3ccccc32)c1C#N. The molecule has 0 amide bonds. The number of hydrogen-bond donors (Lipinski definition) is 0. The molecule has 0 unspecified atom stereocenters. The van der Waals surface area contributed by atoms with Crippen LogP contribution in [0.25, 0.3) is 16.6 Å². The first kappa shape index (κ1) is 8.86. The van der Waals surface area contributed by atoms with Crippen molar-refractivity contribution in [1.82, 2.24) is 14.6 Å². The monoisotopic (exact) mass is 208 g/mol. The van der Waals surface area contributed by atoms with Crippen molar-refractivity contribution in [2.24, 2.45) is 0 Å². The van der Waals surface area contributed by atoms with Gasteiger partial charge in [-0.25, -0.2) is 9.50 Å². The maximum Gasteiger partial charge on any atom is 0.173 e. The lowest BCUT2D eigenvalue weighted by molar-refractivity contribution is 0.956. The van der Waals surface area contributed by atoms with Gasteiger partial charge in [0.15, 0.2) is 5.65 Å². The first-order valence-electron chi connectivity index (χ1n) is 4.94. The molecule has 0 saturated carbocycles. The molecule has 2 heterocycles. The molecule has 4 heteroatoms. The molecular formula is C12H8N4. The molecule has 0 saturated heterocycles. The van der Waals surface area contributed by atoms with E-state index < -0.39 is 0 Å². The largest absolute Gasteiger partial charge is 0.235 e. The Labute approximate surface area is 91.8 Å². The fourth-order valence-electron chi connectivity index (χ4n) is 1.85. The third-order valence-corrected chi connectivity index (χ3v) is 2.64. The van der Waals surface area contributed by atoms with Gasteiger partial charge in [0.25, 0.3) is 0 Å². The van der Waals surface area contributed by atoms with Gasteiger partial charge in [0.1, 0.15) is 11.6 Å². The number of nitriles is 1. The molecule has 3 aromatic rings. The quantitative estimate of drug-likeness (QED) is 0.568. The number of aromatic nitrogens is 3. The van der Waals surface area contributed by atoms with Crippen molar-refractivity contribution < 1.29 is 0 Å². The van der Waals surface area contributed by atoms with Gasteiger partial charge in [-0.05, 0) is 13.0 Å². The number of fused-ring (bicyclic) bond motifs is 3. The maximum absolute atomic E-state index is 9.03. The number of hydrogen-bond acceptors (Lipinski definition) is 3. The predicted molar refractivity (Wildman–Crippen MR) is 59.9 cm³/mol. The summed E-state index contributed by atoms with van der Waals surface area (Å²) in [7, 11) is 0. The molecule has 0 spiro atoms. The van der Waals surface area contributed by atoms with E-state index in [1.54, 1.807) is 10.7 Å².